The lowest BCUT2D eigenvalue weighted by atomic mass is 10.0. The molecule has 2 aliphatic carbocycles. The maximum absolute atomic E-state index is 10.5. The van der Waals surface area contributed by atoms with Gasteiger partial charge in [-0.1, -0.05) is 24.6 Å². The van der Waals surface area contributed by atoms with Crippen LogP contribution in [0.2, 0.25) is 0 Å². The molecular formula is C17H22N2O. The van der Waals surface area contributed by atoms with Crippen LogP contribution in [0, 0.1) is 17.8 Å². The Morgan fingerprint density at radius 1 is 1.30 bits per heavy atom. The lowest BCUT2D eigenvalue weighted by Gasteiger charge is -2.11. The Morgan fingerprint density at radius 3 is 2.80 bits per heavy atom. The molecule has 0 amide bonds. The van der Waals surface area contributed by atoms with Crippen molar-refractivity contribution in [2.45, 2.75) is 45.3 Å². The third-order valence-corrected chi connectivity index (χ3v) is 5.35. The molecule has 0 spiro atoms. The molecule has 2 aliphatic rings. The van der Waals surface area contributed by atoms with E-state index < -0.39 is 0 Å². The minimum atomic E-state index is -0.200. The average Bonchev–Trinajstić information content (AvgIpc) is 2.84. The number of hydrogen-bond donors (Lipinski definition) is 1. The number of hydrogen-bond acceptors (Lipinski definition) is 2. The second kappa shape index (κ2) is 4.59. The van der Waals surface area contributed by atoms with E-state index in [1.165, 1.54) is 30.2 Å². The predicted molar refractivity (Wildman–Crippen MR) is 79.4 cm³/mol. The van der Waals surface area contributed by atoms with Crippen molar-refractivity contribution in [1.82, 2.24) is 9.78 Å². The molecule has 2 aromatic rings. The number of rotatable bonds is 4. The van der Waals surface area contributed by atoms with Crippen LogP contribution in [0.15, 0.2) is 24.3 Å². The molecule has 0 radical (unpaired) electrons. The van der Waals surface area contributed by atoms with Crippen LogP contribution in [-0.4, -0.2) is 21.0 Å². The number of aromatic nitrogens is 2. The molecule has 0 saturated heterocycles. The molecule has 0 bridgehead atoms. The van der Waals surface area contributed by atoms with Gasteiger partial charge in [0, 0.05) is 18.4 Å². The molecule has 0 aliphatic heterocycles. The van der Waals surface area contributed by atoms with Gasteiger partial charge in [-0.15, -0.1) is 0 Å². The SMILES string of the molecule is CCn1nc(CC(O)C2C3CCCC32)c2ccccc21. The highest BCUT2D eigenvalue weighted by Gasteiger charge is 2.55. The van der Waals surface area contributed by atoms with Crippen LogP contribution in [0.3, 0.4) is 0 Å². The summed E-state index contributed by atoms with van der Waals surface area (Å²) in [6.45, 7) is 3.00. The van der Waals surface area contributed by atoms with Gasteiger partial charge in [0.25, 0.3) is 0 Å². The van der Waals surface area contributed by atoms with Gasteiger partial charge in [0.15, 0.2) is 0 Å². The van der Waals surface area contributed by atoms with Gasteiger partial charge in [0.1, 0.15) is 0 Å². The van der Waals surface area contributed by atoms with Gasteiger partial charge >= 0.3 is 0 Å². The first-order valence-corrected chi connectivity index (χ1v) is 7.92. The van der Waals surface area contributed by atoms with Crippen molar-refractivity contribution in [3.05, 3.63) is 30.0 Å². The number of aliphatic hydroxyl groups excluding tert-OH is 1. The molecule has 3 nitrogen and oxygen atoms in total. The number of para-hydroxylation sites is 1. The van der Waals surface area contributed by atoms with E-state index in [4.69, 9.17) is 5.10 Å². The van der Waals surface area contributed by atoms with Crippen molar-refractivity contribution in [2.24, 2.45) is 17.8 Å². The average molecular weight is 270 g/mol. The zero-order valence-electron chi connectivity index (χ0n) is 12.0. The van der Waals surface area contributed by atoms with E-state index in [0.29, 0.717) is 12.3 Å². The van der Waals surface area contributed by atoms with Crippen LogP contribution >= 0.6 is 0 Å². The fourth-order valence-corrected chi connectivity index (χ4v) is 4.37. The summed E-state index contributed by atoms with van der Waals surface area (Å²) in [5, 5.41) is 16.5. The molecule has 1 heterocycles. The molecule has 3 unspecified atom stereocenters. The molecule has 20 heavy (non-hydrogen) atoms. The van der Waals surface area contributed by atoms with E-state index in [0.717, 1.165) is 24.1 Å². The van der Waals surface area contributed by atoms with Crippen molar-refractivity contribution >= 4 is 10.9 Å². The highest BCUT2D eigenvalue weighted by molar-refractivity contribution is 5.82. The van der Waals surface area contributed by atoms with Gasteiger partial charge in [-0.2, -0.15) is 5.10 Å². The Labute approximate surface area is 119 Å². The smallest absolute Gasteiger partial charge is 0.0729 e. The summed E-state index contributed by atoms with van der Waals surface area (Å²) in [5.74, 6) is 2.17. The fourth-order valence-electron chi connectivity index (χ4n) is 4.37. The minimum absolute atomic E-state index is 0.200. The maximum Gasteiger partial charge on any atom is 0.0729 e. The lowest BCUT2D eigenvalue weighted by molar-refractivity contribution is 0.134. The molecule has 3 heteroatoms. The molecule has 1 N–H and O–H groups in total. The summed E-state index contributed by atoms with van der Waals surface area (Å²) in [5.41, 5.74) is 2.26. The second-order valence-electron chi connectivity index (χ2n) is 6.39. The first-order chi connectivity index (χ1) is 9.79. The van der Waals surface area contributed by atoms with Crippen molar-refractivity contribution in [3.63, 3.8) is 0 Å². The molecule has 1 aromatic heterocycles. The van der Waals surface area contributed by atoms with Gasteiger partial charge in [0.05, 0.1) is 17.3 Å². The zero-order chi connectivity index (χ0) is 13.7. The van der Waals surface area contributed by atoms with Gasteiger partial charge in [-0.05, 0) is 43.6 Å². The van der Waals surface area contributed by atoms with E-state index in [2.05, 4.69) is 31.2 Å². The summed E-state index contributed by atoms with van der Waals surface area (Å²) >= 11 is 0. The molecule has 2 fully saturated rings. The van der Waals surface area contributed by atoms with Crippen LogP contribution in [0.25, 0.3) is 10.9 Å². The molecule has 3 atom stereocenters. The van der Waals surface area contributed by atoms with Crippen LogP contribution in [0.1, 0.15) is 31.9 Å². The molecule has 2 saturated carbocycles. The largest absolute Gasteiger partial charge is 0.392 e. The van der Waals surface area contributed by atoms with Gasteiger partial charge in [-0.25, -0.2) is 0 Å². The molecule has 4 rings (SSSR count). The van der Waals surface area contributed by atoms with E-state index >= 15 is 0 Å². The second-order valence-corrected chi connectivity index (χ2v) is 6.39. The Bertz CT molecular complexity index is 623. The van der Waals surface area contributed by atoms with Crippen molar-refractivity contribution < 1.29 is 5.11 Å². The van der Waals surface area contributed by atoms with Gasteiger partial charge in [0.2, 0.25) is 0 Å². The number of aryl methyl sites for hydroxylation is 1. The Balaban J connectivity index is 1.59. The van der Waals surface area contributed by atoms with E-state index in [9.17, 15) is 5.11 Å². The topological polar surface area (TPSA) is 38.0 Å². The first kappa shape index (κ1) is 12.4. The Morgan fingerprint density at radius 2 is 2.05 bits per heavy atom. The quantitative estimate of drug-likeness (QED) is 0.927. The van der Waals surface area contributed by atoms with Crippen LogP contribution in [0.5, 0.6) is 0 Å². The zero-order valence-corrected chi connectivity index (χ0v) is 12.0. The normalized spacial score (nSPS) is 29.6. The van der Waals surface area contributed by atoms with E-state index in [1.54, 1.807) is 0 Å². The van der Waals surface area contributed by atoms with E-state index in [-0.39, 0.29) is 6.10 Å². The maximum atomic E-state index is 10.5. The van der Waals surface area contributed by atoms with E-state index in [1.807, 2.05) is 4.68 Å². The summed E-state index contributed by atoms with van der Waals surface area (Å²) in [4.78, 5) is 0. The summed E-state index contributed by atoms with van der Waals surface area (Å²) in [7, 11) is 0. The number of benzene rings is 1. The Hall–Kier alpha value is -1.35. The molecule has 106 valence electrons. The lowest BCUT2D eigenvalue weighted by Crippen LogP contribution is -2.17. The number of aliphatic hydroxyl groups is 1. The third kappa shape index (κ3) is 1.80. The van der Waals surface area contributed by atoms with Gasteiger partial charge < -0.3 is 5.11 Å². The van der Waals surface area contributed by atoms with Crippen LogP contribution in [0.4, 0.5) is 0 Å². The van der Waals surface area contributed by atoms with Crippen LogP contribution < -0.4 is 0 Å². The Kier molecular flexibility index (Phi) is 2.84. The minimum Gasteiger partial charge on any atom is -0.392 e. The van der Waals surface area contributed by atoms with Crippen molar-refractivity contribution in [3.8, 4) is 0 Å². The number of fused-ring (bicyclic) bond motifs is 2. The molecule has 1 aromatic carbocycles. The van der Waals surface area contributed by atoms with Crippen molar-refractivity contribution in [1.29, 1.82) is 0 Å². The summed E-state index contributed by atoms with van der Waals surface area (Å²) in [6, 6.07) is 8.37. The monoisotopic (exact) mass is 270 g/mol. The first-order valence-electron chi connectivity index (χ1n) is 7.92. The highest BCUT2D eigenvalue weighted by Crippen LogP contribution is 2.59. The van der Waals surface area contributed by atoms with Crippen molar-refractivity contribution in [2.75, 3.05) is 0 Å². The molecular weight excluding hydrogens is 248 g/mol. The summed E-state index contributed by atoms with van der Waals surface area (Å²) in [6.07, 6.45) is 4.54. The number of nitrogens with zero attached hydrogens (tertiary/aromatic N) is 2. The fraction of sp³-hybridized carbons (Fsp3) is 0.588. The summed E-state index contributed by atoms with van der Waals surface area (Å²) < 4.78 is 2.05. The third-order valence-electron chi connectivity index (χ3n) is 5.35. The predicted octanol–water partition coefficient (Wildman–Crippen LogP) is 3.01. The standard InChI is InChI=1S/C17H22N2O/c1-2-19-15-9-4-3-6-13(15)14(18-19)10-16(20)17-11-7-5-8-12(11)17/h3-4,6,9,11-12,16-17,20H,2,5,7-8,10H2,1H3. The van der Waals surface area contributed by atoms with Crippen LogP contribution in [-0.2, 0) is 13.0 Å². The highest BCUT2D eigenvalue weighted by atomic mass is 16.3. The van der Waals surface area contributed by atoms with Gasteiger partial charge in [-0.3, -0.25) is 4.68 Å².